The average Bonchev–Trinajstić information content (AvgIpc) is 2.79. The number of piperazine rings is 1. The molecule has 1 amide bonds. The molecule has 0 aliphatic carbocycles. The van der Waals surface area contributed by atoms with Crippen molar-refractivity contribution in [1.29, 1.82) is 0 Å². The number of benzene rings is 3. The van der Waals surface area contributed by atoms with Gasteiger partial charge in [-0.2, -0.15) is 0 Å². The Morgan fingerprint density at radius 2 is 1.59 bits per heavy atom. The van der Waals surface area contributed by atoms with Crippen LogP contribution in [0.5, 0.6) is 11.5 Å². The maximum Gasteiger partial charge on any atom is 0.263 e. The molecular formula is C24H26N2O3. The molecule has 0 spiro atoms. The molecule has 1 unspecified atom stereocenters. The number of carbonyl (C=O) groups is 1. The van der Waals surface area contributed by atoms with Crippen molar-refractivity contribution >= 4 is 22.4 Å². The van der Waals surface area contributed by atoms with Crippen LogP contribution in [0.3, 0.4) is 0 Å². The van der Waals surface area contributed by atoms with Gasteiger partial charge in [0.25, 0.3) is 5.91 Å². The summed E-state index contributed by atoms with van der Waals surface area (Å²) in [5, 5.41) is 2.14. The second-order valence-electron chi connectivity index (χ2n) is 7.25. The lowest BCUT2D eigenvalue weighted by molar-refractivity contribution is -0.138. The number of nitrogens with zero attached hydrogens (tertiary/aromatic N) is 2. The van der Waals surface area contributed by atoms with Crippen LogP contribution in [0, 0.1) is 0 Å². The Morgan fingerprint density at radius 3 is 2.31 bits per heavy atom. The summed E-state index contributed by atoms with van der Waals surface area (Å²) in [5.74, 6) is 1.63. The molecule has 3 aromatic rings. The number of amides is 1. The predicted molar refractivity (Wildman–Crippen MR) is 116 cm³/mol. The first-order valence-corrected chi connectivity index (χ1v) is 9.98. The molecule has 5 heteroatoms. The Labute approximate surface area is 171 Å². The van der Waals surface area contributed by atoms with Crippen LogP contribution in [0.2, 0.25) is 0 Å². The molecule has 1 atom stereocenters. The van der Waals surface area contributed by atoms with Crippen LogP contribution in [-0.2, 0) is 4.79 Å². The van der Waals surface area contributed by atoms with E-state index in [0.29, 0.717) is 13.1 Å². The van der Waals surface area contributed by atoms with Crippen LogP contribution in [0.1, 0.15) is 6.92 Å². The van der Waals surface area contributed by atoms with Crippen LogP contribution in [-0.4, -0.2) is 50.2 Å². The molecule has 1 fully saturated rings. The number of hydrogen-bond donors (Lipinski definition) is 0. The minimum absolute atomic E-state index is 0.0346. The SMILES string of the molecule is COc1ccc(N2CCN(C(=O)C(C)Oc3cccc4ccccc34)CC2)cc1. The van der Waals surface area contributed by atoms with Gasteiger partial charge in [-0.15, -0.1) is 0 Å². The third-order valence-corrected chi connectivity index (χ3v) is 5.43. The van der Waals surface area contributed by atoms with Crippen molar-refractivity contribution in [3.63, 3.8) is 0 Å². The molecule has 0 saturated carbocycles. The fourth-order valence-corrected chi connectivity index (χ4v) is 3.77. The quantitative estimate of drug-likeness (QED) is 0.661. The van der Waals surface area contributed by atoms with Crippen molar-refractivity contribution < 1.29 is 14.3 Å². The number of ether oxygens (including phenoxy) is 2. The van der Waals surface area contributed by atoms with E-state index in [-0.39, 0.29) is 5.91 Å². The predicted octanol–water partition coefficient (Wildman–Crippen LogP) is 3.96. The second kappa shape index (κ2) is 8.43. The Bertz CT molecular complexity index is 974. The molecule has 150 valence electrons. The van der Waals surface area contributed by atoms with E-state index in [1.54, 1.807) is 7.11 Å². The highest BCUT2D eigenvalue weighted by atomic mass is 16.5. The Kier molecular flexibility index (Phi) is 5.56. The monoisotopic (exact) mass is 390 g/mol. The first-order valence-electron chi connectivity index (χ1n) is 9.98. The van der Waals surface area contributed by atoms with Crippen molar-refractivity contribution in [1.82, 2.24) is 4.90 Å². The van der Waals surface area contributed by atoms with Crippen molar-refractivity contribution in [3.05, 3.63) is 66.7 Å². The van der Waals surface area contributed by atoms with E-state index >= 15 is 0 Å². The molecule has 0 bridgehead atoms. The molecule has 0 aromatic heterocycles. The Morgan fingerprint density at radius 1 is 0.897 bits per heavy atom. The minimum Gasteiger partial charge on any atom is -0.497 e. The van der Waals surface area contributed by atoms with E-state index in [1.807, 2.05) is 66.4 Å². The first-order chi connectivity index (χ1) is 14.2. The zero-order valence-corrected chi connectivity index (χ0v) is 16.9. The van der Waals surface area contributed by atoms with Crippen LogP contribution >= 0.6 is 0 Å². The molecule has 0 radical (unpaired) electrons. The molecule has 1 aliphatic heterocycles. The van der Waals surface area contributed by atoms with E-state index in [4.69, 9.17) is 9.47 Å². The lowest BCUT2D eigenvalue weighted by Crippen LogP contribution is -2.52. The van der Waals surface area contributed by atoms with E-state index < -0.39 is 6.10 Å². The van der Waals surface area contributed by atoms with Crippen molar-refractivity contribution in [2.75, 3.05) is 38.2 Å². The van der Waals surface area contributed by atoms with Gasteiger partial charge < -0.3 is 19.3 Å². The molecule has 0 N–H and O–H groups in total. The molecule has 1 saturated heterocycles. The fraction of sp³-hybridized carbons (Fsp3) is 0.292. The number of hydrogen-bond acceptors (Lipinski definition) is 4. The topological polar surface area (TPSA) is 42.0 Å². The van der Waals surface area contributed by atoms with Crippen molar-refractivity contribution in [2.24, 2.45) is 0 Å². The summed E-state index contributed by atoms with van der Waals surface area (Å²) in [6.45, 7) is 4.82. The van der Waals surface area contributed by atoms with Crippen molar-refractivity contribution in [3.8, 4) is 11.5 Å². The summed E-state index contributed by atoms with van der Waals surface area (Å²) < 4.78 is 11.3. The van der Waals surface area contributed by atoms with Crippen LogP contribution in [0.15, 0.2) is 66.7 Å². The molecule has 4 rings (SSSR count). The molecular weight excluding hydrogens is 364 g/mol. The third kappa shape index (κ3) is 4.14. The van der Waals surface area contributed by atoms with E-state index in [9.17, 15) is 4.79 Å². The van der Waals surface area contributed by atoms with E-state index in [0.717, 1.165) is 41.0 Å². The number of fused-ring (bicyclic) bond motifs is 1. The maximum atomic E-state index is 12.9. The largest absolute Gasteiger partial charge is 0.497 e. The first kappa shape index (κ1) is 19.1. The number of methoxy groups -OCH3 is 1. The summed E-state index contributed by atoms with van der Waals surface area (Å²) in [6, 6.07) is 22.0. The van der Waals surface area contributed by atoms with Gasteiger partial charge in [0.1, 0.15) is 11.5 Å². The Hall–Kier alpha value is -3.21. The van der Waals surface area contributed by atoms with Crippen LogP contribution < -0.4 is 14.4 Å². The molecule has 1 aliphatic rings. The highest BCUT2D eigenvalue weighted by Gasteiger charge is 2.26. The molecule has 29 heavy (non-hydrogen) atoms. The lowest BCUT2D eigenvalue weighted by Gasteiger charge is -2.37. The fourth-order valence-electron chi connectivity index (χ4n) is 3.77. The van der Waals surface area contributed by atoms with Gasteiger partial charge in [-0.05, 0) is 42.6 Å². The van der Waals surface area contributed by atoms with E-state index in [1.165, 1.54) is 0 Å². The smallest absolute Gasteiger partial charge is 0.263 e. The van der Waals surface area contributed by atoms with Gasteiger partial charge in [-0.3, -0.25) is 4.79 Å². The van der Waals surface area contributed by atoms with Gasteiger partial charge in [-0.25, -0.2) is 0 Å². The van der Waals surface area contributed by atoms with Gasteiger partial charge in [0.15, 0.2) is 6.10 Å². The summed E-state index contributed by atoms with van der Waals surface area (Å²) in [7, 11) is 1.67. The average molecular weight is 390 g/mol. The Balaban J connectivity index is 1.37. The molecule has 5 nitrogen and oxygen atoms in total. The van der Waals surface area contributed by atoms with Gasteiger partial charge in [-0.1, -0.05) is 36.4 Å². The standard InChI is InChI=1S/C24H26N2O3/c1-18(29-23-9-5-7-19-6-3-4-8-22(19)23)24(27)26-16-14-25(15-17-26)20-10-12-21(28-2)13-11-20/h3-13,18H,14-17H2,1-2H3. The highest BCUT2D eigenvalue weighted by molar-refractivity contribution is 5.89. The molecule has 1 heterocycles. The summed E-state index contributed by atoms with van der Waals surface area (Å²) in [5.41, 5.74) is 1.15. The van der Waals surface area contributed by atoms with Gasteiger partial charge in [0, 0.05) is 37.3 Å². The van der Waals surface area contributed by atoms with Crippen molar-refractivity contribution in [2.45, 2.75) is 13.0 Å². The summed E-state index contributed by atoms with van der Waals surface area (Å²) in [6.07, 6.45) is -0.520. The molecule has 3 aromatic carbocycles. The van der Waals surface area contributed by atoms with Crippen LogP contribution in [0.4, 0.5) is 5.69 Å². The lowest BCUT2D eigenvalue weighted by atomic mass is 10.1. The highest BCUT2D eigenvalue weighted by Crippen LogP contribution is 2.26. The summed E-state index contributed by atoms with van der Waals surface area (Å²) in [4.78, 5) is 17.1. The minimum atomic E-state index is -0.520. The zero-order chi connectivity index (χ0) is 20.2. The maximum absolute atomic E-state index is 12.9. The number of carbonyl (C=O) groups excluding carboxylic acids is 1. The number of rotatable bonds is 5. The zero-order valence-electron chi connectivity index (χ0n) is 16.9. The van der Waals surface area contributed by atoms with Crippen LogP contribution in [0.25, 0.3) is 10.8 Å². The van der Waals surface area contributed by atoms with Gasteiger partial charge in [0.2, 0.25) is 0 Å². The van der Waals surface area contributed by atoms with E-state index in [2.05, 4.69) is 17.0 Å². The van der Waals surface area contributed by atoms with Gasteiger partial charge in [0.05, 0.1) is 7.11 Å². The third-order valence-electron chi connectivity index (χ3n) is 5.43. The second-order valence-corrected chi connectivity index (χ2v) is 7.25. The normalized spacial score (nSPS) is 15.2. The number of anilines is 1. The van der Waals surface area contributed by atoms with Gasteiger partial charge >= 0.3 is 0 Å². The summed E-state index contributed by atoms with van der Waals surface area (Å²) >= 11 is 0.